The fourth-order valence-electron chi connectivity index (χ4n) is 0.321. The van der Waals surface area contributed by atoms with E-state index in [9.17, 15) is 13.2 Å². The molecule has 0 aliphatic rings. The molecule has 0 fully saturated rings. The van der Waals surface area contributed by atoms with Gasteiger partial charge in [-0.2, -0.15) is 8.42 Å². The van der Waals surface area contributed by atoms with Crippen molar-refractivity contribution < 1.29 is 17.9 Å². The van der Waals surface area contributed by atoms with Crippen molar-refractivity contribution >= 4 is 16.3 Å². The lowest BCUT2D eigenvalue weighted by atomic mass is 10.9. The second-order valence-corrected chi connectivity index (χ2v) is 3.15. The van der Waals surface area contributed by atoms with Crippen LogP contribution in [0.25, 0.3) is 0 Å². The quantitative estimate of drug-likeness (QED) is 0.598. The van der Waals surface area contributed by atoms with Gasteiger partial charge in [0.2, 0.25) is 0 Å². The van der Waals surface area contributed by atoms with Crippen LogP contribution >= 0.6 is 0 Å². The van der Waals surface area contributed by atoms with E-state index in [-0.39, 0.29) is 6.61 Å². The van der Waals surface area contributed by atoms with Gasteiger partial charge < -0.3 is 4.74 Å². The largest absolute Gasteiger partial charge is 0.449 e. The number of amides is 1. The van der Waals surface area contributed by atoms with Crippen LogP contribution < -0.4 is 9.44 Å². The van der Waals surface area contributed by atoms with Crippen molar-refractivity contribution in [3.63, 3.8) is 0 Å². The van der Waals surface area contributed by atoms with Gasteiger partial charge in [0.1, 0.15) is 0 Å². The highest BCUT2D eigenvalue weighted by atomic mass is 32.2. The highest BCUT2D eigenvalue weighted by Gasteiger charge is 2.10. The van der Waals surface area contributed by atoms with Crippen molar-refractivity contribution in [2.45, 2.75) is 6.92 Å². The molecule has 2 N–H and O–H groups in total. The fourth-order valence-corrected chi connectivity index (χ4v) is 0.702. The van der Waals surface area contributed by atoms with Crippen LogP contribution in [-0.4, -0.2) is 28.2 Å². The maximum atomic E-state index is 10.6. The van der Waals surface area contributed by atoms with Gasteiger partial charge >= 0.3 is 16.3 Å². The van der Waals surface area contributed by atoms with Crippen LogP contribution in [0.1, 0.15) is 6.92 Å². The fraction of sp³-hybridized carbons (Fsp3) is 0.750. The SMILES string of the molecule is CCOC(=O)NS(=O)(=O)NC. The molecule has 0 aromatic heterocycles. The Morgan fingerprint density at radius 3 is 2.45 bits per heavy atom. The molecule has 0 saturated carbocycles. The van der Waals surface area contributed by atoms with Gasteiger partial charge in [0.15, 0.2) is 0 Å². The molecule has 6 nitrogen and oxygen atoms in total. The Morgan fingerprint density at radius 1 is 1.55 bits per heavy atom. The Hall–Kier alpha value is -0.820. The predicted molar refractivity (Wildman–Crippen MR) is 38.1 cm³/mol. The van der Waals surface area contributed by atoms with Gasteiger partial charge in [0, 0.05) is 7.05 Å². The minimum Gasteiger partial charge on any atom is -0.449 e. The van der Waals surface area contributed by atoms with Crippen LogP contribution in [-0.2, 0) is 14.9 Å². The summed E-state index contributed by atoms with van der Waals surface area (Å²) >= 11 is 0. The van der Waals surface area contributed by atoms with E-state index in [1.54, 1.807) is 11.6 Å². The number of carbonyl (C=O) groups excluding carboxylic acids is 1. The standard InChI is InChI=1S/C4H10N2O4S/c1-3-10-4(7)6-11(8,9)5-2/h5H,3H2,1-2H3,(H,6,7). The molecule has 0 aromatic rings. The molecule has 0 radical (unpaired) electrons. The number of hydrogen-bond acceptors (Lipinski definition) is 4. The zero-order valence-corrected chi connectivity index (χ0v) is 7.06. The highest BCUT2D eigenvalue weighted by molar-refractivity contribution is 7.88. The summed E-state index contributed by atoms with van der Waals surface area (Å²) in [5.41, 5.74) is 0. The molecular formula is C4H10N2O4S. The molecule has 0 aliphatic carbocycles. The molecule has 1 amide bonds. The van der Waals surface area contributed by atoms with Gasteiger partial charge in [-0.1, -0.05) is 0 Å². The van der Waals surface area contributed by atoms with Gasteiger partial charge in [-0.05, 0) is 6.92 Å². The van der Waals surface area contributed by atoms with E-state index in [1.807, 2.05) is 4.72 Å². The Balaban J connectivity index is 3.95. The number of rotatable bonds is 3. The van der Waals surface area contributed by atoms with Crippen molar-refractivity contribution in [1.82, 2.24) is 9.44 Å². The summed E-state index contributed by atoms with van der Waals surface area (Å²) in [6, 6.07) is 0. The Bertz CT molecular complexity index is 222. The summed E-state index contributed by atoms with van der Waals surface area (Å²) in [4.78, 5) is 10.5. The Morgan fingerprint density at radius 2 is 2.09 bits per heavy atom. The molecule has 0 rings (SSSR count). The van der Waals surface area contributed by atoms with Gasteiger partial charge in [0.25, 0.3) is 0 Å². The van der Waals surface area contributed by atoms with E-state index in [0.717, 1.165) is 0 Å². The Kier molecular flexibility index (Phi) is 3.83. The first-order valence-corrected chi connectivity index (χ1v) is 4.38. The number of nitrogens with one attached hydrogen (secondary N) is 2. The average Bonchev–Trinajstić information content (AvgIpc) is 1.87. The third kappa shape index (κ3) is 4.57. The molecule has 0 saturated heterocycles. The van der Waals surface area contributed by atoms with E-state index < -0.39 is 16.3 Å². The third-order valence-electron chi connectivity index (χ3n) is 0.762. The minimum absolute atomic E-state index is 0.130. The molecule has 11 heavy (non-hydrogen) atoms. The van der Waals surface area contributed by atoms with Crippen LogP contribution in [0.2, 0.25) is 0 Å². The number of hydrogen-bond donors (Lipinski definition) is 2. The van der Waals surface area contributed by atoms with Crippen molar-refractivity contribution in [2.75, 3.05) is 13.7 Å². The van der Waals surface area contributed by atoms with E-state index in [4.69, 9.17) is 0 Å². The molecule has 0 bridgehead atoms. The molecule has 0 aromatic carbocycles. The monoisotopic (exact) mass is 182 g/mol. The topological polar surface area (TPSA) is 84.5 Å². The van der Waals surface area contributed by atoms with E-state index in [0.29, 0.717) is 0 Å². The second kappa shape index (κ2) is 4.14. The summed E-state index contributed by atoms with van der Waals surface area (Å²) in [5, 5.41) is 0. The lowest BCUT2D eigenvalue weighted by Gasteiger charge is -2.03. The average molecular weight is 182 g/mol. The third-order valence-corrected chi connectivity index (χ3v) is 1.73. The number of ether oxygens (including phenoxy) is 1. The highest BCUT2D eigenvalue weighted by Crippen LogP contribution is 1.79. The summed E-state index contributed by atoms with van der Waals surface area (Å²) in [7, 11) is -2.53. The first kappa shape index (κ1) is 10.2. The van der Waals surface area contributed by atoms with E-state index in [2.05, 4.69) is 4.74 Å². The van der Waals surface area contributed by atoms with Gasteiger partial charge in [0.05, 0.1) is 6.61 Å². The van der Waals surface area contributed by atoms with Gasteiger partial charge in [-0.15, -0.1) is 0 Å². The molecule has 66 valence electrons. The van der Waals surface area contributed by atoms with Crippen molar-refractivity contribution in [1.29, 1.82) is 0 Å². The smallest absolute Gasteiger partial charge is 0.421 e. The first-order chi connectivity index (χ1) is 5.02. The van der Waals surface area contributed by atoms with Crippen molar-refractivity contribution in [3.05, 3.63) is 0 Å². The molecule has 0 spiro atoms. The first-order valence-electron chi connectivity index (χ1n) is 2.90. The zero-order chi connectivity index (χ0) is 8.91. The number of carbonyl (C=O) groups is 1. The van der Waals surface area contributed by atoms with Crippen LogP contribution in [0.15, 0.2) is 0 Å². The van der Waals surface area contributed by atoms with Crippen LogP contribution in [0.3, 0.4) is 0 Å². The molecule has 0 unspecified atom stereocenters. The zero-order valence-electron chi connectivity index (χ0n) is 6.25. The predicted octanol–water partition coefficient (Wildman–Crippen LogP) is -0.803. The molecule has 0 atom stereocenters. The summed E-state index contributed by atoms with van der Waals surface area (Å²) < 4.78 is 28.9. The van der Waals surface area contributed by atoms with Crippen molar-refractivity contribution in [3.8, 4) is 0 Å². The summed E-state index contributed by atoms with van der Waals surface area (Å²) in [6.07, 6.45) is -0.984. The summed E-state index contributed by atoms with van der Waals surface area (Å²) in [5.74, 6) is 0. The lowest BCUT2D eigenvalue weighted by Crippen LogP contribution is -2.38. The van der Waals surface area contributed by atoms with E-state index in [1.165, 1.54) is 7.05 Å². The maximum Gasteiger partial charge on any atom is 0.421 e. The van der Waals surface area contributed by atoms with Gasteiger partial charge in [-0.3, -0.25) is 0 Å². The molecule has 0 heterocycles. The van der Waals surface area contributed by atoms with Crippen LogP contribution in [0.4, 0.5) is 4.79 Å². The molecular weight excluding hydrogens is 172 g/mol. The molecule has 7 heteroatoms. The van der Waals surface area contributed by atoms with Crippen LogP contribution in [0, 0.1) is 0 Å². The van der Waals surface area contributed by atoms with Crippen LogP contribution in [0.5, 0.6) is 0 Å². The second-order valence-electron chi connectivity index (χ2n) is 1.53. The Labute approximate surface area is 65.1 Å². The maximum absolute atomic E-state index is 10.6. The van der Waals surface area contributed by atoms with Gasteiger partial charge in [-0.25, -0.2) is 14.2 Å². The normalized spacial score (nSPS) is 10.7. The summed E-state index contributed by atoms with van der Waals surface area (Å²) in [6.45, 7) is 1.71. The molecule has 0 aliphatic heterocycles. The van der Waals surface area contributed by atoms with E-state index >= 15 is 0 Å². The van der Waals surface area contributed by atoms with Crippen molar-refractivity contribution in [2.24, 2.45) is 0 Å². The minimum atomic E-state index is -3.72. The lowest BCUT2D eigenvalue weighted by molar-refractivity contribution is 0.158.